The van der Waals surface area contributed by atoms with Crippen molar-refractivity contribution in [2.24, 2.45) is 11.7 Å². The highest BCUT2D eigenvalue weighted by Crippen LogP contribution is 2.04. The van der Waals surface area contributed by atoms with Crippen LogP contribution < -0.4 is 11.1 Å². The molecule has 2 atom stereocenters. The molecule has 0 aromatic heterocycles. The van der Waals surface area contributed by atoms with Crippen LogP contribution in [-0.2, 0) is 9.59 Å². The highest BCUT2D eigenvalue weighted by molar-refractivity contribution is 5.88. The van der Waals surface area contributed by atoms with Crippen molar-refractivity contribution in [3.63, 3.8) is 0 Å². The first kappa shape index (κ1) is 12.9. The first-order valence-corrected chi connectivity index (χ1v) is 4.62. The van der Waals surface area contributed by atoms with Gasteiger partial charge < -0.3 is 16.2 Å². The number of aliphatic hydroxyl groups is 1. The van der Waals surface area contributed by atoms with Crippen LogP contribution in [0.15, 0.2) is 0 Å². The third-order valence-electron chi connectivity index (χ3n) is 1.78. The van der Waals surface area contributed by atoms with Crippen molar-refractivity contribution in [3.8, 4) is 0 Å². The van der Waals surface area contributed by atoms with E-state index in [0.717, 1.165) is 0 Å². The van der Waals surface area contributed by atoms with Crippen molar-refractivity contribution >= 4 is 11.8 Å². The largest absolute Gasteiger partial charge is 0.383 e. The van der Waals surface area contributed by atoms with Crippen molar-refractivity contribution in [1.82, 2.24) is 5.32 Å². The van der Waals surface area contributed by atoms with Crippen molar-refractivity contribution in [2.75, 3.05) is 0 Å². The van der Waals surface area contributed by atoms with E-state index in [4.69, 9.17) is 5.73 Å². The number of aliphatic hydroxyl groups excluding tert-OH is 1. The van der Waals surface area contributed by atoms with E-state index in [0.29, 0.717) is 6.42 Å². The Bertz CT molecular complexity index is 216. The molecule has 0 spiro atoms. The van der Waals surface area contributed by atoms with Gasteiger partial charge in [-0.25, -0.2) is 0 Å². The number of amides is 2. The Kier molecular flexibility index (Phi) is 5.15. The van der Waals surface area contributed by atoms with Crippen molar-refractivity contribution < 1.29 is 14.7 Å². The average molecular weight is 202 g/mol. The zero-order valence-electron chi connectivity index (χ0n) is 8.78. The van der Waals surface area contributed by atoms with Crippen LogP contribution in [-0.4, -0.2) is 29.1 Å². The first-order chi connectivity index (χ1) is 6.34. The van der Waals surface area contributed by atoms with E-state index in [2.05, 4.69) is 5.32 Å². The summed E-state index contributed by atoms with van der Waals surface area (Å²) in [5.74, 6) is -0.945. The molecule has 0 aliphatic heterocycles. The van der Waals surface area contributed by atoms with E-state index >= 15 is 0 Å². The standard InChI is InChI=1S/C9H18N2O3/c1-5(2)4-7(12)9(14)11-6(3)8(10)13/h5-7,12H,4H2,1-3H3,(H2,10,13)(H,11,14)/t6-,7+/m0/s1. The monoisotopic (exact) mass is 202 g/mol. The molecule has 0 aliphatic carbocycles. The Morgan fingerprint density at radius 2 is 1.86 bits per heavy atom. The maximum absolute atomic E-state index is 11.2. The summed E-state index contributed by atoms with van der Waals surface area (Å²) in [5, 5.41) is 11.7. The third-order valence-corrected chi connectivity index (χ3v) is 1.78. The molecule has 5 nitrogen and oxygen atoms in total. The molecule has 5 heteroatoms. The Labute approximate surface area is 83.7 Å². The lowest BCUT2D eigenvalue weighted by Crippen LogP contribution is -2.46. The molecule has 2 amide bonds. The SMILES string of the molecule is CC(C)C[C@@H](O)C(=O)N[C@@H](C)C(N)=O. The number of primary amides is 1. The van der Waals surface area contributed by atoms with Gasteiger partial charge in [0.25, 0.3) is 0 Å². The second-order valence-corrected chi connectivity index (χ2v) is 3.78. The summed E-state index contributed by atoms with van der Waals surface area (Å²) in [7, 11) is 0. The summed E-state index contributed by atoms with van der Waals surface area (Å²) in [6, 6.07) is -0.746. The van der Waals surface area contributed by atoms with Crippen molar-refractivity contribution in [2.45, 2.75) is 39.3 Å². The zero-order valence-corrected chi connectivity index (χ0v) is 8.78. The Morgan fingerprint density at radius 3 is 2.21 bits per heavy atom. The van der Waals surface area contributed by atoms with Gasteiger partial charge in [0.05, 0.1) is 0 Å². The van der Waals surface area contributed by atoms with Crippen LogP contribution >= 0.6 is 0 Å². The van der Waals surface area contributed by atoms with Gasteiger partial charge in [0, 0.05) is 0 Å². The lowest BCUT2D eigenvalue weighted by atomic mass is 10.1. The van der Waals surface area contributed by atoms with Gasteiger partial charge >= 0.3 is 0 Å². The van der Waals surface area contributed by atoms with Crippen molar-refractivity contribution in [1.29, 1.82) is 0 Å². The fourth-order valence-electron chi connectivity index (χ4n) is 0.934. The molecule has 0 saturated carbocycles. The predicted octanol–water partition coefficient (Wildman–Crippen LogP) is -0.617. The first-order valence-electron chi connectivity index (χ1n) is 4.62. The van der Waals surface area contributed by atoms with Crippen LogP contribution in [0.4, 0.5) is 0 Å². The van der Waals surface area contributed by atoms with Crippen LogP contribution in [0.1, 0.15) is 27.2 Å². The van der Waals surface area contributed by atoms with E-state index in [9.17, 15) is 14.7 Å². The number of nitrogens with two attached hydrogens (primary N) is 1. The molecule has 0 saturated heterocycles. The molecule has 0 radical (unpaired) electrons. The summed E-state index contributed by atoms with van der Waals surface area (Å²) >= 11 is 0. The second-order valence-electron chi connectivity index (χ2n) is 3.78. The second kappa shape index (κ2) is 5.59. The fraction of sp³-hybridized carbons (Fsp3) is 0.778. The molecule has 0 heterocycles. The van der Waals surface area contributed by atoms with Gasteiger partial charge in [-0.05, 0) is 19.3 Å². The molecule has 4 N–H and O–H groups in total. The number of hydrogen-bond donors (Lipinski definition) is 3. The molecule has 0 aliphatic rings. The minimum absolute atomic E-state index is 0.222. The molecule has 0 fully saturated rings. The molecule has 82 valence electrons. The normalized spacial score (nSPS) is 14.9. The smallest absolute Gasteiger partial charge is 0.249 e. The van der Waals surface area contributed by atoms with E-state index < -0.39 is 24.0 Å². The van der Waals surface area contributed by atoms with E-state index in [1.165, 1.54) is 6.92 Å². The maximum atomic E-state index is 11.2. The molecule has 0 rings (SSSR count). The van der Waals surface area contributed by atoms with Gasteiger partial charge in [0.1, 0.15) is 12.1 Å². The number of hydrogen-bond acceptors (Lipinski definition) is 3. The van der Waals surface area contributed by atoms with Gasteiger partial charge in [0.2, 0.25) is 11.8 Å². The van der Waals surface area contributed by atoms with Gasteiger partial charge in [-0.2, -0.15) is 0 Å². The zero-order chi connectivity index (χ0) is 11.3. The highest BCUT2D eigenvalue weighted by atomic mass is 16.3. The summed E-state index contributed by atoms with van der Waals surface area (Å²) in [6.07, 6.45) is -0.700. The Morgan fingerprint density at radius 1 is 1.36 bits per heavy atom. The Hall–Kier alpha value is -1.10. The van der Waals surface area contributed by atoms with Gasteiger partial charge in [-0.1, -0.05) is 13.8 Å². The molecule has 0 aromatic rings. The van der Waals surface area contributed by atoms with E-state index in [-0.39, 0.29) is 5.92 Å². The molecule has 0 bridgehead atoms. The predicted molar refractivity (Wildman–Crippen MR) is 52.3 cm³/mol. The number of nitrogens with one attached hydrogen (secondary N) is 1. The quantitative estimate of drug-likeness (QED) is 0.555. The van der Waals surface area contributed by atoms with Crippen LogP contribution in [0.5, 0.6) is 0 Å². The van der Waals surface area contributed by atoms with Gasteiger partial charge in [-0.15, -0.1) is 0 Å². The summed E-state index contributed by atoms with van der Waals surface area (Å²) in [5.41, 5.74) is 4.95. The summed E-state index contributed by atoms with van der Waals surface area (Å²) in [4.78, 5) is 21.8. The van der Waals surface area contributed by atoms with E-state index in [1.807, 2.05) is 13.8 Å². The van der Waals surface area contributed by atoms with Crippen LogP contribution in [0, 0.1) is 5.92 Å². The topological polar surface area (TPSA) is 92.4 Å². The minimum atomic E-state index is -1.07. The number of carbonyl (C=O) groups excluding carboxylic acids is 2. The number of rotatable bonds is 5. The van der Waals surface area contributed by atoms with Crippen LogP contribution in [0.25, 0.3) is 0 Å². The summed E-state index contributed by atoms with van der Waals surface area (Å²) in [6.45, 7) is 5.27. The number of carbonyl (C=O) groups is 2. The average Bonchev–Trinajstić information content (AvgIpc) is 2.02. The lowest BCUT2D eigenvalue weighted by molar-refractivity contribution is -0.133. The molecular weight excluding hydrogens is 184 g/mol. The fourth-order valence-corrected chi connectivity index (χ4v) is 0.934. The lowest BCUT2D eigenvalue weighted by Gasteiger charge is -2.15. The third kappa shape index (κ3) is 4.81. The van der Waals surface area contributed by atoms with Gasteiger partial charge in [0.15, 0.2) is 0 Å². The Balaban J connectivity index is 4.01. The summed E-state index contributed by atoms with van der Waals surface area (Å²) < 4.78 is 0. The van der Waals surface area contributed by atoms with Crippen LogP contribution in [0.3, 0.4) is 0 Å². The van der Waals surface area contributed by atoms with Gasteiger partial charge in [-0.3, -0.25) is 9.59 Å². The molecule has 0 unspecified atom stereocenters. The van der Waals surface area contributed by atoms with Crippen molar-refractivity contribution in [3.05, 3.63) is 0 Å². The molecule has 14 heavy (non-hydrogen) atoms. The highest BCUT2D eigenvalue weighted by Gasteiger charge is 2.19. The van der Waals surface area contributed by atoms with E-state index in [1.54, 1.807) is 0 Å². The maximum Gasteiger partial charge on any atom is 0.249 e. The minimum Gasteiger partial charge on any atom is -0.383 e. The molecule has 0 aromatic carbocycles. The molecular formula is C9H18N2O3. The van der Waals surface area contributed by atoms with Crippen LogP contribution in [0.2, 0.25) is 0 Å².